The first-order valence-corrected chi connectivity index (χ1v) is 4.51. The van der Waals surface area contributed by atoms with Gasteiger partial charge in [0.15, 0.2) is 0 Å². The van der Waals surface area contributed by atoms with Crippen molar-refractivity contribution in [1.29, 1.82) is 0 Å². The number of hydrogen-bond donors (Lipinski definition) is 0. The van der Waals surface area contributed by atoms with Gasteiger partial charge in [-0.1, -0.05) is 0 Å². The van der Waals surface area contributed by atoms with Crippen LogP contribution in [0.1, 0.15) is 13.8 Å². The van der Waals surface area contributed by atoms with Gasteiger partial charge in [-0.05, 0) is 0 Å². The molecule has 1 heterocycles. The maximum absolute atomic E-state index is 2.23. The summed E-state index contributed by atoms with van der Waals surface area (Å²) in [4.78, 5) is 0. The van der Waals surface area contributed by atoms with Crippen LogP contribution in [0.2, 0.25) is 0 Å². The van der Waals surface area contributed by atoms with Crippen LogP contribution in [-0.4, -0.2) is 15.4 Å². The molecule has 0 amide bonds. The molecule has 0 aromatic rings. The minimum atomic E-state index is 0.222. The Morgan fingerprint density at radius 3 is 1.71 bits per heavy atom. The summed E-state index contributed by atoms with van der Waals surface area (Å²) in [6, 6.07) is 0. The van der Waals surface area contributed by atoms with Gasteiger partial charge in [0.25, 0.3) is 0 Å². The molecule has 0 aromatic heterocycles. The summed E-state index contributed by atoms with van der Waals surface area (Å²) in [5.74, 6) is 0. The first-order chi connectivity index (χ1) is 3.29. The topological polar surface area (TPSA) is 0 Å². The van der Waals surface area contributed by atoms with Crippen LogP contribution in [0.4, 0.5) is 0 Å². The summed E-state index contributed by atoms with van der Waals surface area (Å²) in [5, 5.41) is 0. The van der Waals surface area contributed by atoms with Gasteiger partial charge in [-0.25, -0.2) is 0 Å². The van der Waals surface area contributed by atoms with Gasteiger partial charge in [0, 0.05) is 0 Å². The van der Waals surface area contributed by atoms with E-state index in [0.717, 1.165) is 0 Å². The van der Waals surface area contributed by atoms with Crippen LogP contribution in [0.15, 0.2) is 21.0 Å². The van der Waals surface area contributed by atoms with Gasteiger partial charge in [0.05, 0.1) is 0 Å². The summed E-state index contributed by atoms with van der Waals surface area (Å²) in [7, 11) is 0. The molecule has 0 aromatic carbocycles. The predicted molar refractivity (Wildman–Crippen MR) is 33.3 cm³/mol. The van der Waals surface area contributed by atoms with Crippen LogP contribution in [0.3, 0.4) is 0 Å². The third-order valence-electron chi connectivity index (χ3n) is 0.978. The van der Waals surface area contributed by atoms with Crippen LogP contribution in [0, 0.1) is 0 Å². The van der Waals surface area contributed by atoms with E-state index in [0.29, 0.717) is 0 Å². The van der Waals surface area contributed by atoms with E-state index in [2.05, 4.69) is 26.0 Å². The molecule has 0 fully saturated rings. The molecule has 1 aliphatic heterocycles. The third kappa shape index (κ3) is 1.20. The van der Waals surface area contributed by atoms with E-state index in [1.807, 2.05) is 0 Å². The fourth-order valence-electron chi connectivity index (χ4n) is 0.644. The fraction of sp³-hybridized carbons (Fsp3) is 0.333. The number of hydrogen-bond acceptors (Lipinski definition) is 0. The SMILES string of the molecule is C[C]1=CC=[C](C)[Ge]1. The Morgan fingerprint density at radius 2 is 1.57 bits per heavy atom. The summed E-state index contributed by atoms with van der Waals surface area (Å²) < 4.78 is 3.22. The number of rotatable bonds is 0. The van der Waals surface area contributed by atoms with Crippen LogP contribution in [-0.2, 0) is 0 Å². The van der Waals surface area contributed by atoms with Gasteiger partial charge in [-0.3, -0.25) is 0 Å². The number of allylic oxidation sites excluding steroid dienone is 4. The molecule has 0 atom stereocenters. The van der Waals surface area contributed by atoms with Crippen molar-refractivity contribution in [2.45, 2.75) is 13.8 Å². The van der Waals surface area contributed by atoms with Crippen molar-refractivity contribution in [3.05, 3.63) is 21.0 Å². The first kappa shape index (κ1) is 5.17. The van der Waals surface area contributed by atoms with Gasteiger partial charge in [-0.2, -0.15) is 0 Å². The van der Waals surface area contributed by atoms with E-state index < -0.39 is 0 Å². The molecule has 0 nitrogen and oxygen atoms in total. The average molecular weight is 153 g/mol. The van der Waals surface area contributed by atoms with E-state index in [4.69, 9.17) is 0 Å². The fourth-order valence-corrected chi connectivity index (χ4v) is 2.65. The molecule has 0 aliphatic carbocycles. The summed E-state index contributed by atoms with van der Waals surface area (Å²) in [5.41, 5.74) is 0. The van der Waals surface area contributed by atoms with Gasteiger partial charge >= 0.3 is 50.2 Å². The van der Waals surface area contributed by atoms with Crippen LogP contribution in [0.25, 0.3) is 0 Å². The molecule has 0 saturated carbocycles. The Balaban J connectivity index is 2.61. The summed E-state index contributed by atoms with van der Waals surface area (Å²) in [6.07, 6.45) is 4.46. The van der Waals surface area contributed by atoms with Gasteiger partial charge in [0.2, 0.25) is 0 Å². The molecule has 7 heavy (non-hydrogen) atoms. The van der Waals surface area contributed by atoms with Crippen molar-refractivity contribution < 1.29 is 0 Å². The van der Waals surface area contributed by atoms with Gasteiger partial charge in [0.1, 0.15) is 0 Å². The average Bonchev–Trinajstić information content (AvgIpc) is 1.87. The maximum atomic E-state index is 2.23. The standard InChI is InChI=1S/C6H8Ge/c1-5-3-4-6(2)7-5/h3-4H,1-2H3. The van der Waals surface area contributed by atoms with Gasteiger partial charge < -0.3 is 0 Å². The molecule has 0 saturated heterocycles. The summed E-state index contributed by atoms with van der Waals surface area (Å²) >= 11 is 0.222. The van der Waals surface area contributed by atoms with E-state index in [9.17, 15) is 0 Å². The first-order valence-electron chi connectivity index (χ1n) is 2.41. The second-order valence-corrected chi connectivity index (χ2v) is 5.66. The Bertz CT molecular complexity index is 115. The molecular formula is C6H8Ge. The van der Waals surface area contributed by atoms with Crippen molar-refractivity contribution in [3.63, 3.8) is 0 Å². The van der Waals surface area contributed by atoms with E-state index in [1.54, 1.807) is 8.81 Å². The monoisotopic (exact) mass is 154 g/mol. The van der Waals surface area contributed by atoms with Crippen molar-refractivity contribution in [2.24, 2.45) is 0 Å². The van der Waals surface area contributed by atoms with E-state index >= 15 is 0 Å². The normalized spacial score (nSPS) is 19.1. The molecule has 1 heteroatoms. The zero-order valence-electron chi connectivity index (χ0n) is 4.65. The molecular weight excluding hydrogens is 145 g/mol. The summed E-state index contributed by atoms with van der Waals surface area (Å²) in [6.45, 7) is 4.43. The van der Waals surface area contributed by atoms with Crippen LogP contribution < -0.4 is 0 Å². The zero-order chi connectivity index (χ0) is 5.28. The van der Waals surface area contributed by atoms with Crippen LogP contribution in [0.5, 0.6) is 0 Å². The Labute approximate surface area is 50.8 Å². The van der Waals surface area contributed by atoms with Gasteiger partial charge in [-0.15, -0.1) is 0 Å². The third-order valence-corrected chi connectivity index (χ3v) is 3.33. The molecule has 0 unspecified atom stereocenters. The molecule has 0 spiro atoms. The molecule has 2 radical (unpaired) electrons. The van der Waals surface area contributed by atoms with Crippen molar-refractivity contribution in [2.75, 3.05) is 0 Å². The quantitative estimate of drug-likeness (QED) is 0.462. The van der Waals surface area contributed by atoms with E-state index in [-0.39, 0.29) is 15.4 Å². The zero-order valence-corrected chi connectivity index (χ0v) is 6.75. The van der Waals surface area contributed by atoms with Crippen molar-refractivity contribution in [1.82, 2.24) is 0 Å². The second kappa shape index (κ2) is 1.87. The molecule has 1 rings (SSSR count). The second-order valence-electron chi connectivity index (χ2n) is 1.82. The van der Waals surface area contributed by atoms with Crippen molar-refractivity contribution >= 4 is 15.4 Å². The Morgan fingerprint density at radius 1 is 1.14 bits per heavy atom. The van der Waals surface area contributed by atoms with E-state index in [1.165, 1.54) is 0 Å². The Kier molecular flexibility index (Phi) is 1.38. The Hall–Kier alpha value is 0.0229. The molecule has 1 aliphatic rings. The van der Waals surface area contributed by atoms with Crippen LogP contribution >= 0.6 is 0 Å². The molecule has 36 valence electrons. The van der Waals surface area contributed by atoms with Crippen molar-refractivity contribution in [3.8, 4) is 0 Å². The molecule has 0 N–H and O–H groups in total. The molecule has 0 bridgehead atoms. The predicted octanol–water partition coefficient (Wildman–Crippen LogP) is 1.51. The minimum absolute atomic E-state index is 0.222.